The second-order valence-electron chi connectivity index (χ2n) is 10.0. The van der Waals surface area contributed by atoms with Gasteiger partial charge in [0.1, 0.15) is 0 Å². The van der Waals surface area contributed by atoms with E-state index in [1.807, 2.05) is 13.8 Å². The minimum absolute atomic E-state index is 0.109. The molecule has 0 bridgehead atoms. The van der Waals surface area contributed by atoms with Crippen LogP contribution < -0.4 is 11.1 Å². The number of nitrogens with two attached hydrogens (primary N) is 1. The zero-order valence-corrected chi connectivity index (χ0v) is 21.7. The third-order valence-electron chi connectivity index (χ3n) is 7.43. The van der Waals surface area contributed by atoms with Gasteiger partial charge in [-0.15, -0.1) is 0 Å². The van der Waals surface area contributed by atoms with Crippen molar-refractivity contribution in [2.75, 3.05) is 11.1 Å². The number of anilines is 2. The molecule has 1 saturated carbocycles. The van der Waals surface area contributed by atoms with Gasteiger partial charge in [-0.2, -0.15) is 0 Å². The maximum atomic E-state index is 11.3. The van der Waals surface area contributed by atoms with Crippen LogP contribution in [0.2, 0.25) is 0 Å². The summed E-state index contributed by atoms with van der Waals surface area (Å²) in [4.78, 5) is 11.3. The Morgan fingerprint density at radius 3 is 2.36 bits per heavy atom. The molecule has 33 heavy (non-hydrogen) atoms. The number of carbonyl (C=O) groups is 1. The van der Waals surface area contributed by atoms with Crippen molar-refractivity contribution < 1.29 is 9.90 Å². The Morgan fingerprint density at radius 1 is 1.18 bits per heavy atom. The van der Waals surface area contributed by atoms with Gasteiger partial charge in [0.25, 0.3) is 0 Å². The molecule has 0 amide bonds. The molecule has 3 rings (SSSR count). The summed E-state index contributed by atoms with van der Waals surface area (Å²) >= 11 is 0. The average Bonchev–Trinajstić information content (AvgIpc) is 2.73. The van der Waals surface area contributed by atoms with E-state index in [0.717, 1.165) is 24.4 Å². The lowest BCUT2D eigenvalue weighted by atomic mass is 9.64. The highest BCUT2D eigenvalue weighted by molar-refractivity contribution is 5.90. The number of hydrogen-bond acceptors (Lipinski definition) is 3. The molecule has 4 heteroatoms. The van der Waals surface area contributed by atoms with Crippen molar-refractivity contribution in [2.45, 2.75) is 92.5 Å². The fraction of sp³-hybridized carbons (Fsp3) is 0.552. The molecular weight excluding hydrogens is 408 g/mol. The molecule has 1 fully saturated rings. The van der Waals surface area contributed by atoms with E-state index in [4.69, 9.17) is 5.73 Å². The van der Waals surface area contributed by atoms with Gasteiger partial charge >= 0.3 is 5.97 Å². The van der Waals surface area contributed by atoms with Crippen LogP contribution in [0.15, 0.2) is 36.4 Å². The predicted octanol–water partition coefficient (Wildman–Crippen LogP) is 8.18. The molecule has 4 N–H and O–H groups in total. The van der Waals surface area contributed by atoms with Gasteiger partial charge in [-0.3, -0.25) is 0 Å². The van der Waals surface area contributed by atoms with E-state index in [9.17, 15) is 9.90 Å². The van der Waals surface area contributed by atoms with Crippen LogP contribution in [-0.2, 0) is 0 Å². The van der Waals surface area contributed by atoms with E-state index in [2.05, 4.69) is 58.1 Å². The average molecular weight is 453 g/mol. The summed E-state index contributed by atoms with van der Waals surface area (Å²) in [5, 5.41) is 13.0. The Hall–Kier alpha value is -2.49. The van der Waals surface area contributed by atoms with Gasteiger partial charge in [-0.1, -0.05) is 66.2 Å². The summed E-state index contributed by atoms with van der Waals surface area (Å²) in [6.45, 7) is 15.5. The summed E-state index contributed by atoms with van der Waals surface area (Å²) in [7, 11) is 0. The first-order valence-electron chi connectivity index (χ1n) is 12.6. The largest absolute Gasteiger partial charge is 0.478 e. The Labute approximate surface area is 201 Å². The Bertz CT molecular complexity index is 931. The number of nitrogens with one attached hydrogen (secondary N) is 1. The van der Waals surface area contributed by atoms with Gasteiger partial charge in [0.2, 0.25) is 0 Å². The van der Waals surface area contributed by atoms with Crippen LogP contribution in [0.3, 0.4) is 0 Å². The molecule has 0 heterocycles. The van der Waals surface area contributed by atoms with Crippen LogP contribution in [0.1, 0.15) is 113 Å². The third kappa shape index (κ3) is 6.52. The molecule has 0 aromatic heterocycles. The molecule has 0 spiro atoms. The molecule has 4 nitrogen and oxygen atoms in total. The van der Waals surface area contributed by atoms with Crippen molar-refractivity contribution >= 4 is 17.3 Å². The Morgan fingerprint density at radius 2 is 1.85 bits per heavy atom. The summed E-state index contributed by atoms with van der Waals surface area (Å²) in [5.74, 6) is 0.305. The van der Waals surface area contributed by atoms with Crippen LogP contribution >= 0.6 is 0 Å². The number of aryl methyl sites for hydroxylation is 1. The SMILES string of the molecule is CC.CCC(C)c1ccc(C)c(C(CC(C)(C)C2CCC2)Nc2ccc(C(=O)O)cc2N)c1. The van der Waals surface area contributed by atoms with Crippen molar-refractivity contribution in [1.82, 2.24) is 0 Å². The second kappa shape index (κ2) is 11.6. The molecular formula is C29H44N2O2. The highest BCUT2D eigenvalue weighted by Crippen LogP contribution is 2.47. The van der Waals surface area contributed by atoms with Gasteiger partial charge < -0.3 is 16.2 Å². The van der Waals surface area contributed by atoms with Crippen LogP contribution in [0.5, 0.6) is 0 Å². The Kier molecular flexibility index (Phi) is 9.39. The zero-order valence-electron chi connectivity index (χ0n) is 21.7. The zero-order chi connectivity index (χ0) is 24.8. The van der Waals surface area contributed by atoms with Gasteiger partial charge in [0.05, 0.1) is 23.0 Å². The number of carboxylic acid groups (broad SMARTS) is 1. The van der Waals surface area contributed by atoms with E-state index in [0.29, 0.717) is 11.6 Å². The molecule has 2 aromatic rings. The first-order valence-corrected chi connectivity index (χ1v) is 12.6. The van der Waals surface area contributed by atoms with Gasteiger partial charge in [-0.05, 0) is 84.7 Å². The summed E-state index contributed by atoms with van der Waals surface area (Å²) in [6, 6.07) is 11.9. The lowest BCUT2D eigenvalue weighted by Crippen LogP contribution is -2.33. The highest BCUT2D eigenvalue weighted by atomic mass is 16.4. The molecule has 182 valence electrons. The van der Waals surface area contributed by atoms with Crippen molar-refractivity contribution in [3.8, 4) is 0 Å². The molecule has 1 aliphatic rings. The van der Waals surface area contributed by atoms with E-state index >= 15 is 0 Å². The van der Waals surface area contributed by atoms with E-state index in [1.54, 1.807) is 18.2 Å². The third-order valence-corrected chi connectivity index (χ3v) is 7.43. The van der Waals surface area contributed by atoms with Crippen molar-refractivity contribution in [3.05, 3.63) is 58.7 Å². The van der Waals surface area contributed by atoms with Crippen LogP contribution in [0, 0.1) is 18.3 Å². The first kappa shape index (κ1) is 26.8. The number of carboxylic acids is 1. The van der Waals surface area contributed by atoms with Crippen molar-refractivity contribution in [2.24, 2.45) is 11.3 Å². The number of aromatic carboxylic acids is 1. The second-order valence-corrected chi connectivity index (χ2v) is 10.0. The molecule has 0 radical (unpaired) electrons. The standard InChI is InChI=1S/C27H38N2O2.C2H6/c1-6-17(2)19-11-10-18(3)22(14-19)25(16-27(4,5)21-8-7-9-21)29-24-13-12-20(26(30)31)15-23(24)28;1-2/h10-15,17,21,25,29H,6-9,16,28H2,1-5H3,(H,30,31);1-2H3. The fourth-order valence-electron chi connectivity index (χ4n) is 4.71. The van der Waals surface area contributed by atoms with E-state index < -0.39 is 5.97 Å². The van der Waals surface area contributed by atoms with Crippen molar-refractivity contribution in [1.29, 1.82) is 0 Å². The fourth-order valence-corrected chi connectivity index (χ4v) is 4.71. The summed E-state index contributed by atoms with van der Waals surface area (Å²) in [5.41, 5.74) is 11.9. The van der Waals surface area contributed by atoms with E-state index in [1.165, 1.54) is 36.0 Å². The minimum atomic E-state index is -0.960. The summed E-state index contributed by atoms with van der Waals surface area (Å²) in [6.07, 6.45) is 6.06. The number of nitrogen functional groups attached to an aromatic ring is 1. The lowest BCUT2D eigenvalue weighted by Gasteiger charge is -2.43. The maximum absolute atomic E-state index is 11.3. The molecule has 2 atom stereocenters. The number of hydrogen-bond donors (Lipinski definition) is 3. The number of rotatable bonds is 9. The smallest absolute Gasteiger partial charge is 0.335 e. The normalized spacial score (nSPS) is 15.6. The molecule has 2 aromatic carbocycles. The monoisotopic (exact) mass is 452 g/mol. The van der Waals surface area contributed by atoms with Gasteiger partial charge in [-0.25, -0.2) is 4.79 Å². The maximum Gasteiger partial charge on any atom is 0.335 e. The van der Waals surface area contributed by atoms with Crippen LogP contribution in [0.25, 0.3) is 0 Å². The van der Waals surface area contributed by atoms with Gasteiger partial charge in [0, 0.05) is 0 Å². The lowest BCUT2D eigenvalue weighted by molar-refractivity contribution is 0.0697. The van der Waals surface area contributed by atoms with Crippen molar-refractivity contribution in [3.63, 3.8) is 0 Å². The molecule has 0 saturated heterocycles. The highest BCUT2D eigenvalue weighted by Gasteiger charge is 2.36. The minimum Gasteiger partial charge on any atom is -0.478 e. The van der Waals surface area contributed by atoms with Gasteiger partial charge in [0.15, 0.2) is 0 Å². The topological polar surface area (TPSA) is 75.3 Å². The predicted molar refractivity (Wildman–Crippen MR) is 141 cm³/mol. The summed E-state index contributed by atoms with van der Waals surface area (Å²) < 4.78 is 0. The Balaban J connectivity index is 0.00000187. The molecule has 2 unspecified atom stereocenters. The number of benzene rings is 2. The van der Waals surface area contributed by atoms with Crippen LogP contribution in [0.4, 0.5) is 11.4 Å². The molecule has 0 aliphatic heterocycles. The van der Waals surface area contributed by atoms with Crippen LogP contribution in [-0.4, -0.2) is 11.1 Å². The first-order chi connectivity index (χ1) is 15.6. The quantitative estimate of drug-likeness (QED) is 0.335. The van der Waals surface area contributed by atoms with E-state index in [-0.39, 0.29) is 17.0 Å². The molecule has 1 aliphatic carbocycles.